The fourth-order valence-corrected chi connectivity index (χ4v) is 3.94. The van der Waals surface area contributed by atoms with Gasteiger partial charge in [-0.3, -0.25) is 0 Å². The van der Waals surface area contributed by atoms with Gasteiger partial charge in [0.1, 0.15) is 25.6 Å². The standard InChI is InChI=1S/C20H25N3O4/c1-2-18-19(26-8-7-25-18)9-14(1)17-11-22-20-13-27-16(12-23(17)20)10-21-15-3-5-24-6-4-15/h1-2,9,11,15-16,21H,3-8,10,12-13H2. The third kappa shape index (κ3) is 3.54. The molecule has 0 radical (unpaired) electrons. The second kappa shape index (κ2) is 7.50. The number of aromatic nitrogens is 2. The van der Waals surface area contributed by atoms with Crippen LogP contribution in [0, 0.1) is 0 Å². The maximum atomic E-state index is 6.01. The molecule has 7 heteroatoms. The fourth-order valence-electron chi connectivity index (χ4n) is 3.94. The van der Waals surface area contributed by atoms with Gasteiger partial charge >= 0.3 is 0 Å². The first kappa shape index (κ1) is 17.0. The SMILES string of the molecule is c1cc2c(cc1-c1cnc3n1CC(CNC1CCOCC1)OC3)OCCO2. The summed E-state index contributed by atoms with van der Waals surface area (Å²) in [7, 11) is 0. The Hall–Kier alpha value is -2.09. The zero-order valence-corrected chi connectivity index (χ0v) is 15.4. The Morgan fingerprint density at radius 3 is 2.81 bits per heavy atom. The maximum absolute atomic E-state index is 6.01. The molecule has 4 heterocycles. The topological polar surface area (TPSA) is 66.8 Å². The smallest absolute Gasteiger partial charge is 0.162 e. The normalized spacial score (nSPS) is 22.4. The average Bonchev–Trinajstić information content (AvgIpc) is 3.16. The predicted molar refractivity (Wildman–Crippen MR) is 99.1 cm³/mol. The zero-order chi connectivity index (χ0) is 18.1. The Morgan fingerprint density at radius 1 is 1.07 bits per heavy atom. The minimum absolute atomic E-state index is 0.144. The Morgan fingerprint density at radius 2 is 1.93 bits per heavy atom. The molecule has 1 aromatic carbocycles. The van der Waals surface area contributed by atoms with E-state index in [1.807, 2.05) is 18.3 Å². The quantitative estimate of drug-likeness (QED) is 0.887. The lowest BCUT2D eigenvalue weighted by Crippen LogP contribution is -2.42. The van der Waals surface area contributed by atoms with Gasteiger partial charge in [-0.25, -0.2) is 4.98 Å². The van der Waals surface area contributed by atoms with Crippen LogP contribution in [0.5, 0.6) is 11.5 Å². The van der Waals surface area contributed by atoms with Crippen molar-refractivity contribution >= 4 is 0 Å². The molecule has 0 aliphatic carbocycles. The van der Waals surface area contributed by atoms with Gasteiger partial charge in [-0.1, -0.05) is 0 Å². The molecule has 2 aromatic rings. The highest BCUT2D eigenvalue weighted by molar-refractivity contribution is 5.64. The molecular formula is C20H25N3O4. The molecule has 5 rings (SSSR count). The highest BCUT2D eigenvalue weighted by Crippen LogP contribution is 2.35. The first-order valence-electron chi connectivity index (χ1n) is 9.74. The van der Waals surface area contributed by atoms with Crippen molar-refractivity contribution in [1.82, 2.24) is 14.9 Å². The van der Waals surface area contributed by atoms with Crippen molar-refractivity contribution in [2.24, 2.45) is 0 Å². The average molecular weight is 371 g/mol. The van der Waals surface area contributed by atoms with Gasteiger partial charge in [-0.15, -0.1) is 0 Å². The van der Waals surface area contributed by atoms with Crippen LogP contribution in [0.15, 0.2) is 24.4 Å². The molecule has 0 amide bonds. The Kier molecular flexibility index (Phi) is 4.73. The van der Waals surface area contributed by atoms with Gasteiger partial charge in [-0.05, 0) is 31.0 Å². The lowest BCUT2D eigenvalue weighted by atomic mass is 10.1. The second-order valence-electron chi connectivity index (χ2n) is 7.26. The van der Waals surface area contributed by atoms with E-state index in [1.165, 1.54) is 0 Å². The van der Waals surface area contributed by atoms with Crippen LogP contribution >= 0.6 is 0 Å². The highest BCUT2D eigenvalue weighted by Gasteiger charge is 2.24. The van der Waals surface area contributed by atoms with Crippen LogP contribution in [0.25, 0.3) is 11.3 Å². The van der Waals surface area contributed by atoms with Crippen molar-refractivity contribution < 1.29 is 18.9 Å². The van der Waals surface area contributed by atoms with E-state index < -0.39 is 0 Å². The largest absolute Gasteiger partial charge is 0.486 e. The van der Waals surface area contributed by atoms with Gasteiger partial charge < -0.3 is 28.8 Å². The molecule has 1 N–H and O–H groups in total. The molecule has 144 valence electrons. The lowest BCUT2D eigenvalue weighted by molar-refractivity contribution is -0.00174. The van der Waals surface area contributed by atoms with Crippen molar-refractivity contribution in [1.29, 1.82) is 0 Å². The first-order valence-corrected chi connectivity index (χ1v) is 9.74. The summed E-state index contributed by atoms with van der Waals surface area (Å²) in [5, 5.41) is 3.64. The number of hydrogen-bond acceptors (Lipinski definition) is 6. The van der Waals surface area contributed by atoms with Crippen molar-refractivity contribution in [2.75, 3.05) is 33.0 Å². The van der Waals surface area contributed by atoms with Crippen LogP contribution in [0.3, 0.4) is 0 Å². The minimum atomic E-state index is 0.144. The van der Waals surface area contributed by atoms with E-state index in [4.69, 9.17) is 18.9 Å². The van der Waals surface area contributed by atoms with Crippen LogP contribution in [-0.2, 0) is 22.6 Å². The Labute approximate surface area is 158 Å². The molecule has 1 saturated heterocycles. The number of fused-ring (bicyclic) bond motifs is 2. The van der Waals surface area contributed by atoms with Gasteiger partial charge in [0.25, 0.3) is 0 Å². The van der Waals surface area contributed by atoms with Crippen LogP contribution in [0.4, 0.5) is 0 Å². The lowest BCUT2D eigenvalue weighted by Gasteiger charge is -2.29. The van der Waals surface area contributed by atoms with Crippen LogP contribution in [0.1, 0.15) is 18.7 Å². The van der Waals surface area contributed by atoms with Gasteiger partial charge in [0, 0.05) is 31.4 Å². The van der Waals surface area contributed by atoms with Crippen molar-refractivity contribution in [3.8, 4) is 22.8 Å². The molecule has 1 aromatic heterocycles. The molecule has 0 bridgehead atoms. The van der Waals surface area contributed by atoms with Crippen LogP contribution in [0.2, 0.25) is 0 Å². The minimum Gasteiger partial charge on any atom is -0.486 e. The number of benzene rings is 1. The summed E-state index contributed by atoms with van der Waals surface area (Å²) in [5.41, 5.74) is 2.19. The number of rotatable bonds is 4. The van der Waals surface area contributed by atoms with Crippen LogP contribution in [-0.4, -0.2) is 54.7 Å². The van der Waals surface area contributed by atoms with E-state index in [2.05, 4.69) is 20.9 Å². The zero-order valence-electron chi connectivity index (χ0n) is 15.4. The third-order valence-electron chi connectivity index (χ3n) is 5.47. The monoisotopic (exact) mass is 371 g/mol. The molecule has 0 spiro atoms. The number of imidazole rings is 1. The van der Waals surface area contributed by atoms with E-state index in [-0.39, 0.29) is 6.10 Å². The Bertz CT molecular complexity index is 801. The summed E-state index contributed by atoms with van der Waals surface area (Å²) in [6, 6.07) is 6.63. The van der Waals surface area contributed by atoms with Crippen molar-refractivity contribution in [3.05, 3.63) is 30.2 Å². The molecule has 0 saturated carbocycles. The highest BCUT2D eigenvalue weighted by atomic mass is 16.6. The molecule has 3 aliphatic heterocycles. The molecule has 1 atom stereocenters. The summed E-state index contributed by atoms with van der Waals surface area (Å²) in [5.74, 6) is 2.59. The summed E-state index contributed by atoms with van der Waals surface area (Å²) in [6.45, 7) is 5.09. The predicted octanol–water partition coefficient (Wildman–Crippen LogP) is 1.99. The number of nitrogens with one attached hydrogen (secondary N) is 1. The van der Waals surface area contributed by atoms with Crippen LogP contribution < -0.4 is 14.8 Å². The Balaban J connectivity index is 1.31. The molecule has 3 aliphatic rings. The molecule has 1 unspecified atom stereocenters. The second-order valence-corrected chi connectivity index (χ2v) is 7.26. The van der Waals surface area contributed by atoms with Crippen molar-refractivity contribution in [2.45, 2.75) is 38.1 Å². The van der Waals surface area contributed by atoms with E-state index in [0.717, 1.165) is 67.7 Å². The van der Waals surface area contributed by atoms with E-state index in [1.54, 1.807) is 0 Å². The fraction of sp³-hybridized carbons (Fsp3) is 0.550. The third-order valence-corrected chi connectivity index (χ3v) is 5.47. The van der Waals surface area contributed by atoms with Gasteiger partial charge in [0.2, 0.25) is 0 Å². The molecular weight excluding hydrogens is 346 g/mol. The number of ether oxygens (including phenoxy) is 4. The summed E-state index contributed by atoms with van der Waals surface area (Å²) < 4.78 is 25.1. The summed E-state index contributed by atoms with van der Waals surface area (Å²) in [6.07, 6.45) is 4.22. The number of hydrogen-bond donors (Lipinski definition) is 1. The molecule has 7 nitrogen and oxygen atoms in total. The van der Waals surface area contributed by atoms with Gasteiger partial charge in [-0.2, -0.15) is 0 Å². The van der Waals surface area contributed by atoms with Crippen molar-refractivity contribution in [3.63, 3.8) is 0 Å². The van der Waals surface area contributed by atoms with E-state index in [0.29, 0.717) is 25.9 Å². The first-order chi connectivity index (χ1) is 13.4. The number of nitrogens with zero attached hydrogens (tertiary/aromatic N) is 2. The molecule has 27 heavy (non-hydrogen) atoms. The van der Waals surface area contributed by atoms with E-state index in [9.17, 15) is 0 Å². The maximum Gasteiger partial charge on any atom is 0.162 e. The summed E-state index contributed by atoms with van der Waals surface area (Å²) in [4.78, 5) is 4.56. The van der Waals surface area contributed by atoms with Gasteiger partial charge in [0.05, 0.1) is 24.5 Å². The molecule has 1 fully saturated rings. The van der Waals surface area contributed by atoms with Gasteiger partial charge in [0.15, 0.2) is 11.5 Å². The van der Waals surface area contributed by atoms with E-state index >= 15 is 0 Å². The summed E-state index contributed by atoms with van der Waals surface area (Å²) >= 11 is 0.